The number of likely N-dealkylation sites (N-methyl/N-ethyl adjacent to an activating group) is 1. The van der Waals surface area contributed by atoms with Crippen molar-refractivity contribution in [3.05, 3.63) is 65.7 Å². The first kappa shape index (κ1) is 19.5. The number of hydrogen-bond acceptors (Lipinski definition) is 4. The molecule has 0 aliphatic heterocycles. The van der Waals surface area contributed by atoms with Crippen LogP contribution in [-0.2, 0) is 4.79 Å². The van der Waals surface area contributed by atoms with E-state index in [-0.39, 0.29) is 18.6 Å². The van der Waals surface area contributed by atoms with Crippen LogP contribution in [0.5, 0.6) is 5.75 Å². The summed E-state index contributed by atoms with van der Waals surface area (Å²) in [5.74, 6) is 0.407. The van der Waals surface area contributed by atoms with Crippen LogP contribution in [0.3, 0.4) is 0 Å². The molecule has 5 heteroatoms. The van der Waals surface area contributed by atoms with Crippen molar-refractivity contribution in [2.45, 2.75) is 19.9 Å². The highest BCUT2D eigenvalue weighted by atomic mass is 16.5. The Kier molecular flexibility index (Phi) is 7.66. The largest absolute Gasteiger partial charge is 0.484 e. The normalized spacial score (nSPS) is 11.6. The summed E-state index contributed by atoms with van der Waals surface area (Å²) in [5.41, 5.74) is 1.75. The minimum absolute atomic E-state index is 0.0499. The summed E-state index contributed by atoms with van der Waals surface area (Å²) in [6.45, 7) is 6.54. The van der Waals surface area contributed by atoms with Gasteiger partial charge in [0.1, 0.15) is 5.75 Å². The van der Waals surface area contributed by atoms with Crippen molar-refractivity contribution in [1.29, 1.82) is 5.26 Å². The second-order valence-corrected chi connectivity index (χ2v) is 5.88. The number of benzene rings is 2. The van der Waals surface area contributed by atoms with Gasteiger partial charge in [-0.2, -0.15) is 5.26 Å². The van der Waals surface area contributed by atoms with Crippen LogP contribution in [0.1, 0.15) is 31.0 Å². The molecule has 0 heterocycles. The van der Waals surface area contributed by atoms with Crippen molar-refractivity contribution >= 4 is 5.91 Å². The maximum Gasteiger partial charge on any atom is 0.258 e. The van der Waals surface area contributed by atoms with E-state index in [1.807, 2.05) is 24.3 Å². The summed E-state index contributed by atoms with van der Waals surface area (Å²) in [7, 11) is 0. The molecule has 1 atom stereocenters. The van der Waals surface area contributed by atoms with Gasteiger partial charge in [-0.1, -0.05) is 44.2 Å². The number of nitrogens with one attached hydrogen (secondary N) is 1. The molecule has 0 saturated carbocycles. The molecular formula is C21H25N3O2. The predicted molar refractivity (Wildman–Crippen MR) is 102 cm³/mol. The average molecular weight is 351 g/mol. The van der Waals surface area contributed by atoms with Gasteiger partial charge in [-0.25, -0.2) is 0 Å². The molecule has 5 nitrogen and oxygen atoms in total. The monoisotopic (exact) mass is 351 g/mol. The Morgan fingerprint density at radius 3 is 2.35 bits per heavy atom. The highest BCUT2D eigenvalue weighted by molar-refractivity contribution is 5.77. The lowest BCUT2D eigenvalue weighted by atomic mass is 10.1. The Bertz CT molecular complexity index is 719. The number of carbonyl (C=O) groups is 1. The molecular weight excluding hydrogens is 326 g/mol. The topological polar surface area (TPSA) is 65.4 Å². The van der Waals surface area contributed by atoms with E-state index in [4.69, 9.17) is 10.00 Å². The van der Waals surface area contributed by atoms with Crippen LogP contribution < -0.4 is 10.1 Å². The van der Waals surface area contributed by atoms with Crippen LogP contribution in [0.25, 0.3) is 0 Å². The van der Waals surface area contributed by atoms with Gasteiger partial charge in [0, 0.05) is 6.54 Å². The number of rotatable bonds is 9. The first-order chi connectivity index (χ1) is 12.7. The second-order valence-electron chi connectivity index (χ2n) is 5.88. The van der Waals surface area contributed by atoms with Gasteiger partial charge in [0.25, 0.3) is 5.91 Å². The van der Waals surface area contributed by atoms with Crippen LogP contribution >= 0.6 is 0 Å². The van der Waals surface area contributed by atoms with Gasteiger partial charge < -0.3 is 10.1 Å². The van der Waals surface area contributed by atoms with Crippen LogP contribution in [0.2, 0.25) is 0 Å². The molecule has 0 aromatic heterocycles. The molecule has 2 aromatic rings. The first-order valence-electron chi connectivity index (χ1n) is 8.86. The summed E-state index contributed by atoms with van der Waals surface area (Å²) in [6, 6.07) is 19.1. The maximum atomic E-state index is 12.2. The van der Waals surface area contributed by atoms with Crippen molar-refractivity contribution in [3.8, 4) is 11.8 Å². The lowest BCUT2D eigenvalue weighted by Gasteiger charge is -2.30. The molecule has 0 spiro atoms. The van der Waals surface area contributed by atoms with Crippen molar-refractivity contribution in [2.75, 3.05) is 26.2 Å². The number of ether oxygens (including phenoxy) is 1. The van der Waals surface area contributed by atoms with Gasteiger partial charge in [0.05, 0.1) is 17.7 Å². The van der Waals surface area contributed by atoms with E-state index < -0.39 is 0 Å². The van der Waals surface area contributed by atoms with Gasteiger partial charge in [-0.05, 0) is 42.9 Å². The smallest absolute Gasteiger partial charge is 0.258 e. The summed E-state index contributed by atoms with van der Waals surface area (Å²) in [6.07, 6.45) is 0. The van der Waals surface area contributed by atoms with E-state index in [9.17, 15) is 4.79 Å². The molecule has 1 N–H and O–H groups in total. The van der Waals surface area contributed by atoms with Crippen LogP contribution in [-0.4, -0.2) is 37.0 Å². The van der Waals surface area contributed by atoms with Gasteiger partial charge >= 0.3 is 0 Å². The maximum absolute atomic E-state index is 12.2. The standard InChI is InChI=1S/C21H25N3O2/c1-3-24(4-2)20(18-8-6-5-7-9-18)15-23-21(25)16-26-19-12-10-17(14-22)11-13-19/h5-13,20H,3-4,15-16H2,1-2H3,(H,23,25). The fourth-order valence-corrected chi connectivity index (χ4v) is 2.83. The molecule has 0 radical (unpaired) electrons. The zero-order valence-corrected chi connectivity index (χ0v) is 15.3. The minimum Gasteiger partial charge on any atom is -0.484 e. The Labute approximate surface area is 155 Å². The lowest BCUT2D eigenvalue weighted by Crippen LogP contribution is -2.39. The lowest BCUT2D eigenvalue weighted by molar-refractivity contribution is -0.123. The number of amides is 1. The SMILES string of the molecule is CCN(CC)C(CNC(=O)COc1ccc(C#N)cc1)c1ccccc1. The number of hydrogen-bond donors (Lipinski definition) is 1. The fraction of sp³-hybridized carbons (Fsp3) is 0.333. The third-order valence-electron chi connectivity index (χ3n) is 4.28. The minimum atomic E-state index is -0.164. The van der Waals surface area contributed by atoms with E-state index in [0.717, 1.165) is 13.1 Å². The van der Waals surface area contributed by atoms with Gasteiger partial charge in [0.15, 0.2) is 6.61 Å². The quantitative estimate of drug-likeness (QED) is 0.754. The van der Waals surface area contributed by atoms with Crippen LogP contribution in [0.4, 0.5) is 0 Å². The average Bonchev–Trinajstić information content (AvgIpc) is 2.70. The molecule has 2 aromatic carbocycles. The molecule has 0 bridgehead atoms. The third-order valence-corrected chi connectivity index (χ3v) is 4.28. The molecule has 136 valence electrons. The summed E-state index contributed by atoms with van der Waals surface area (Å²) < 4.78 is 5.48. The Morgan fingerprint density at radius 2 is 1.77 bits per heavy atom. The van der Waals surface area contributed by atoms with Crippen molar-refractivity contribution in [1.82, 2.24) is 10.2 Å². The van der Waals surface area contributed by atoms with Gasteiger partial charge in [-0.15, -0.1) is 0 Å². The zero-order valence-electron chi connectivity index (χ0n) is 15.3. The zero-order chi connectivity index (χ0) is 18.8. The highest BCUT2D eigenvalue weighted by Crippen LogP contribution is 2.19. The van der Waals surface area contributed by atoms with E-state index in [0.29, 0.717) is 17.9 Å². The Morgan fingerprint density at radius 1 is 1.12 bits per heavy atom. The van der Waals surface area contributed by atoms with Crippen LogP contribution in [0.15, 0.2) is 54.6 Å². The second kappa shape index (κ2) is 10.2. The van der Waals surface area contributed by atoms with Crippen molar-refractivity contribution in [3.63, 3.8) is 0 Å². The molecule has 0 saturated heterocycles. The Hall–Kier alpha value is -2.84. The predicted octanol–water partition coefficient (Wildman–Crippen LogP) is 3.14. The number of nitrogens with zero attached hydrogens (tertiary/aromatic N) is 2. The molecule has 26 heavy (non-hydrogen) atoms. The highest BCUT2D eigenvalue weighted by Gasteiger charge is 2.18. The third kappa shape index (κ3) is 5.61. The molecule has 1 unspecified atom stereocenters. The van der Waals surface area contributed by atoms with Gasteiger partial charge in [0.2, 0.25) is 0 Å². The molecule has 2 rings (SSSR count). The Balaban J connectivity index is 1.90. The van der Waals surface area contributed by atoms with Gasteiger partial charge in [-0.3, -0.25) is 9.69 Å². The fourth-order valence-electron chi connectivity index (χ4n) is 2.83. The van der Waals surface area contributed by atoms with E-state index in [1.165, 1.54) is 5.56 Å². The van der Waals surface area contributed by atoms with E-state index >= 15 is 0 Å². The van der Waals surface area contributed by atoms with Crippen molar-refractivity contribution < 1.29 is 9.53 Å². The molecule has 0 aliphatic rings. The molecule has 0 aliphatic carbocycles. The summed E-state index contributed by atoms with van der Waals surface area (Å²) in [4.78, 5) is 14.5. The number of carbonyl (C=O) groups excluding carboxylic acids is 1. The van der Waals surface area contributed by atoms with E-state index in [1.54, 1.807) is 24.3 Å². The van der Waals surface area contributed by atoms with Crippen molar-refractivity contribution in [2.24, 2.45) is 0 Å². The van der Waals surface area contributed by atoms with E-state index in [2.05, 4.69) is 36.2 Å². The van der Waals surface area contributed by atoms with Crippen LogP contribution in [0, 0.1) is 11.3 Å². The molecule has 0 fully saturated rings. The summed E-state index contributed by atoms with van der Waals surface area (Å²) >= 11 is 0. The number of nitriles is 1. The molecule has 1 amide bonds. The summed E-state index contributed by atoms with van der Waals surface area (Å²) in [5, 5.41) is 11.8. The first-order valence-corrected chi connectivity index (χ1v) is 8.86.